The minimum Gasteiger partial charge on any atom is -0.318 e. The van der Waals surface area contributed by atoms with Crippen LogP contribution in [0.5, 0.6) is 0 Å². The fourth-order valence-corrected chi connectivity index (χ4v) is 2.65. The van der Waals surface area contributed by atoms with Gasteiger partial charge < -0.3 is 4.84 Å². The number of nitrogens with one attached hydrogen (secondary N) is 2. The summed E-state index contributed by atoms with van der Waals surface area (Å²) in [5, 5.41) is 5.67. The van der Waals surface area contributed by atoms with E-state index in [2.05, 4.69) is 16.1 Å². The molecule has 2 N–H and O–H groups in total. The molecule has 1 aliphatic rings. The number of aromatic nitrogens is 2. The summed E-state index contributed by atoms with van der Waals surface area (Å²) in [7, 11) is 0. The molecule has 2 aromatic heterocycles. The van der Waals surface area contributed by atoms with E-state index >= 15 is 0 Å². The number of rotatable bonds is 2. The molecule has 7 heteroatoms. The Bertz CT molecular complexity index is 918. The maximum absolute atomic E-state index is 12.6. The van der Waals surface area contributed by atoms with Gasteiger partial charge in [-0.1, -0.05) is 12.1 Å². The lowest BCUT2D eigenvalue weighted by Gasteiger charge is -2.16. The predicted octanol–water partition coefficient (Wildman–Crippen LogP) is 2.37. The third-order valence-electron chi connectivity index (χ3n) is 3.76. The summed E-state index contributed by atoms with van der Waals surface area (Å²) in [5.74, 6) is -0.464. The van der Waals surface area contributed by atoms with Crippen LogP contribution in [0.15, 0.2) is 42.6 Å². The van der Waals surface area contributed by atoms with Crippen molar-refractivity contribution in [2.24, 2.45) is 0 Å². The average molecular weight is 309 g/mol. The van der Waals surface area contributed by atoms with Crippen LogP contribution in [0, 0.1) is 13.8 Å². The first-order valence-electron chi connectivity index (χ1n) is 7.22. The Labute approximate surface area is 132 Å². The number of para-hydroxylation sites is 2. The maximum atomic E-state index is 12.6. The first-order valence-corrected chi connectivity index (χ1v) is 7.22. The number of hydrogen-bond donors (Lipinski definition) is 2. The molecule has 23 heavy (non-hydrogen) atoms. The molecule has 0 fully saturated rings. The van der Waals surface area contributed by atoms with Crippen molar-refractivity contribution in [1.29, 1.82) is 0 Å². The number of nitrogens with zero attached hydrogens (tertiary/aromatic N) is 3. The molecule has 116 valence electrons. The van der Waals surface area contributed by atoms with Gasteiger partial charge in [0.05, 0.1) is 16.9 Å². The summed E-state index contributed by atoms with van der Waals surface area (Å²) in [5.41, 5.74) is 10.2. The molecule has 0 radical (unpaired) electrons. The largest absolute Gasteiger partial charge is 0.369 e. The monoisotopic (exact) mass is 309 g/mol. The zero-order valence-electron chi connectivity index (χ0n) is 12.7. The summed E-state index contributed by atoms with van der Waals surface area (Å²) < 4.78 is 1.68. The maximum Gasteiger partial charge on any atom is 0.369 e. The molecule has 1 aromatic carbocycles. The van der Waals surface area contributed by atoms with Crippen LogP contribution >= 0.6 is 0 Å². The van der Waals surface area contributed by atoms with E-state index in [0.29, 0.717) is 11.3 Å². The molecule has 0 saturated heterocycles. The lowest BCUT2D eigenvalue weighted by atomic mass is 10.2. The van der Waals surface area contributed by atoms with Crippen LogP contribution in [-0.2, 0) is 4.84 Å². The second kappa shape index (κ2) is 4.99. The molecule has 0 bridgehead atoms. The average Bonchev–Trinajstić information content (AvgIpc) is 3.08. The Hall–Kier alpha value is -3.06. The highest BCUT2D eigenvalue weighted by molar-refractivity contribution is 5.99. The fraction of sp³-hybridized carbons (Fsp3) is 0.125. The fourth-order valence-electron chi connectivity index (χ4n) is 2.65. The van der Waals surface area contributed by atoms with Crippen LogP contribution in [-0.4, -0.2) is 15.6 Å². The molecule has 0 atom stereocenters. The molecule has 0 spiro atoms. The number of benzene rings is 1. The number of anilines is 2. The van der Waals surface area contributed by atoms with Gasteiger partial charge in [-0.3, -0.25) is 5.43 Å². The van der Waals surface area contributed by atoms with Crippen molar-refractivity contribution >= 4 is 22.9 Å². The summed E-state index contributed by atoms with van der Waals surface area (Å²) in [6.45, 7) is 3.77. The number of carbonyl (C=O) groups is 1. The standard InChI is InChI=1S/C16H15N5O2/c1-10-7-8-20-14(9-10)15(11(2)18-20)16(22)23-21-13-6-4-3-5-12(13)17-19-21/h3-9,17,19H,1-2H3. The van der Waals surface area contributed by atoms with Crippen molar-refractivity contribution in [3.63, 3.8) is 0 Å². The highest BCUT2D eigenvalue weighted by Gasteiger charge is 2.26. The quantitative estimate of drug-likeness (QED) is 0.757. The van der Waals surface area contributed by atoms with E-state index in [4.69, 9.17) is 4.84 Å². The second-order valence-electron chi connectivity index (χ2n) is 5.42. The molecule has 4 rings (SSSR count). The number of aryl methyl sites for hydroxylation is 2. The number of pyridine rings is 1. The minimum absolute atomic E-state index is 0.458. The van der Waals surface area contributed by atoms with Gasteiger partial charge in [-0.2, -0.15) is 5.10 Å². The van der Waals surface area contributed by atoms with Crippen molar-refractivity contribution in [2.75, 3.05) is 10.6 Å². The van der Waals surface area contributed by atoms with E-state index in [1.807, 2.05) is 49.5 Å². The summed E-state index contributed by atoms with van der Waals surface area (Å²) in [4.78, 5) is 18.1. The SMILES string of the molecule is Cc1ccn2nc(C)c(C(=O)ON3NNc4ccccc43)c2c1. The van der Waals surface area contributed by atoms with Gasteiger partial charge in [0.15, 0.2) is 0 Å². The lowest BCUT2D eigenvalue weighted by molar-refractivity contribution is 0.0415. The van der Waals surface area contributed by atoms with E-state index in [1.54, 1.807) is 11.4 Å². The van der Waals surface area contributed by atoms with Gasteiger partial charge in [-0.25, -0.2) is 9.31 Å². The molecular formula is C16H15N5O2. The van der Waals surface area contributed by atoms with Gasteiger partial charge >= 0.3 is 5.97 Å². The topological polar surface area (TPSA) is 70.9 Å². The van der Waals surface area contributed by atoms with Crippen LogP contribution in [0.2, 0.25) is 0 Å². The van der Waals surface area contributed by atoms with E-state index < -0.39 is 5.97 Å². The van der Waals surface area contributed by atoms with Crippen LogP contribution in [0.4, 0.5) is 11.4 Å². The van der Waals surface area contributed by atoms with Crippen molar-refractivity contribution in [3.8, 4) is 0 Å². The molecule has 7 nitrogen and oxygen atoms in total. The molecule has 3 heterocycles. The third-order valence-corrected chi connectivity index (χ3v) is 3.76. The highest BCUT2D eigenvalue weighted by Crippen LogP contribution is 2.29. The summed E-state index contributed by atoms with van der Waals surface area (Å²) in [6, 6.07) is 11.4. The smallest absolute Gasteiger partial charge is 0.318 e. The van der Waals surface area contributed by atoms with Crippen LogP contribution in [0.25, 0.3) is 5.52 Å². The van der Waals surface area contributed by atoms with E-state index in [9.17, 15) is 4.79 Å². The Morgan fingerprint density at radius 2 is 2.04 bits per heavy atom. The zero-order valence-corrected chi connectivity index (χ0v) is 12.7. The highest BCUT2D eigenvalue weighted by atomic mass is 16.7. The normalized spacial score (nSPS) is 13.0. The Kier molecular flexibility index (Phi) is 2.95. The first-order chi connectivity index (χ1) is 11.1. The van der Waals surface area contributed by atoms with Gasteiger partial charge in [0.25, 0.3) is 0 Å². The zero-order chi connectivity index (χ0) is 16.0. The molecule has 0 aliphatic carbocycles. The minimum atomic E-state index is -0.464. The lowest BCUT2D eigenvalue weighted by Crippen LogP contribution is -2.38. The van der Waals surface area contributed by atoms with Gasteiger partial charge in [0, 0.05) is 6.20 Å². The number of hydrogen-bond acceptors (Lipinski definition) is 6. The Morgan fingerprint density at radius 3 is 2.91 bits per heavy atom. The van der Waals surface area contributed by atoms with Crippen molar-refractivity contribution in [1.82, 2.24) is 15.1 Å². The molecule has 0 saturated carbocycles. The summed E-state index contributed by atoms with van der Waals surface area (Å²) in [6.07, 6.45) is 1.83. The van der Waals surface area contributed by atoms with Gasteiger partial charge in [0.2, 0.25) is 0 Å². The molecule has 3 aromatic rings. The van der Waals surface area contributed by atoms with Gasteiger partial charge in [0.1, 0.15) is 11.3 Å². The van der Waals surface area contributed by atoms with Crippen molar-refractivity contribution in [2.45, 2.75) is 13.8 Å². The van der Waals surface area contributed by atoms with Crippen molar-refractivity contribution < 1.29 is 9.63 Å². The van der Waals surface area contributed by atoms with Crippen LogP contribution in [0.3, 0.4) is 0 Å². The first kappa shape index (κ1) is 13.6. The third kappa shape index (κ3) is 2.18. The van der Waals surface area contributed by atoms with E-state index in [-0.39, 0.29) is 0 Å². The second-order valence-corrected chi connectivity index (χ2v) is 5.42. The van der Waals surface area contributed by atoms with Gasteiger partial charge in [-0.15, -0.1) is 10.7 Å². The number of hydrazine groups is 2. The Balaban J connectivity index is 1.68. The number of fused-ring (bicyclic) bond motifs is 2. The predicted molar refractivity (Wildman–Crippen MR) is 85.8 cm³/mol. The summed E-state index contributed by atoms with van der Waals surface area (Å²) >= 11 is 0. The van der Waals surface area contributed by atoms with Crippen molar-refractivity contribution in [3.05, 3.63) is 59.4 Å². The van der Waals surface area contributed by atoms with Crippen LogP contribution < -0.4 is 16.1 Å². The molecule has 0 unspecified atom stereocenters. The van der Waals surface area contributed by atoms with E-state index in [0.717, 1.165) is 22.5 Å². The molecule has 0 amide bonds. The molecular weight excluding hydrogens is 294 g/mol. The van der Waals surface area contributed by atoms with E-state index in [1.165, 1.54) is 5.17 Å². The molecule has 1 aliphatic heterocycles. The van der Waals surface area contributed by atoms with Gasteiger partial charge in [-0.05, 0) is 43.7 Å². The number of carbonyl (C=O) groups excluding carboxylic acids is 1. The van der Waals surface area contributed by atoms with Crippen LogP contribution in [0.1, 0.15) is 21.6 Å². The Morgan fingerprint density at radius 1 is 1.22 bits per heavy atom.